The third-order valence-corrected chi connectivity index (χ3v) is 3.82. The van der Waals surface area contributed by atoms with E-state index in [1.165, 1.54) is 12.7 Å². The summed E-state index contributed by atoms with van der Waals surface area (Å²) in [5.41, 5.74) is 0.464. The van der Waals surface area contributed by atoms with Gasteiger partial charge < -0.3 is 4.74 Å². The van der Waals surface area contributed by atoms with Crippen LogP contribution < -0.4 is 0 Å². The van der Waals surface area contributed by atoms with Crippen molar-refractivity contribution in [1.82, 2.24) is 0 Å². The van der Waals surface area contributed by atoms with Crippen LogP contribution in [0, 0.1) is 5.41 Å². The summed E-state index contributed by atoms with van der Waals surface area (Å²) in [5, 5.41) is 0. The van der Waals surface area contributed by atoms with Gasteiger partial charge in [0.2, 0.25) is 0 Å². The van der Waals surface area contributed by atoms with Crippen molar-refractivity contribution in [2.24, 2.45) is 5.41 Å². The van der Waals surface area contributed by atoms with E-state index in [0.717, 1.165) is 5.75 Å². The smallest absolute Gasteiger partial charge is 0.311 e. The molecule has 0 spiro atoms. The van der Waals surface area contributed by atoms with Crippen LogP contribution in [0.2, 0.25) is 0 Å². The Balaban J connectivity index is 2.34. The lowest BCUT2D eigenvalue weighted by Gasteiger charge is -2.20. The van der Waals surface area contributed by atoms with Gasteiger partial charge in [-0.25, -0.2) is 0 Å². The van der Waals surface area contributed by atoms with Crippen molar-refractivity contribution >= 4 is 23.5 Å². The van der Waals surface area contributed by atoms with E-state index in [0.29, 0.717) is 5.75 Å². The zero-order valence-corrected chi connectivity index (χ0v) is 12.5. The highest BCUT2D eigenvalue weighted by Crippen LogP contribution is 2.23. The van der Waals surface area contributed by atoms with Gasteiger partial charge in [0.25, 0.3) is 0 Å². The molecule has 0 aliphatic rings. The molecule has 0 aromatic heterocycles. The van der Waals surface area contributed by atoms with E-state index in [1.54, 1.807) is 25.6 Å². The topological polar surface area (TPSA) is 43.4 Å². The van der Waals surface area contributed by atoms with E-state index in [-0.39, 0.29) is 18.2 Å². The first-order valence-electron chi connectivity index (χ1n) is 6.17. The van der Waals surface area contributed by atoms with E-state index in [2.05, 4.69) is 0 Å². The van der Waals surface area contributed by atoms with E-state index < -0.39 is 5.41 Å². The minimum absolute atomic E-state index is 0.0799. The summed E-state index contributed by atoms with van der Waals surface area (Å²) in [7, 11) is 1.35. The minimum atomic E-state index is -0.737. The SMILES string of the molecule is COC(=O)C(C)(C)CC(=O)CSCc1ccccc1. The second-order valence-corrected chi connectivity index (χ2v) is 6.05. The van der Waals surface area contributed by atoms with Gasteiger partial charge in [-0.15, -0.1) is 11.8 Å². The Morgan fingerprint density at radius 1 is 1.21 bits per heavy atom. The van der Waals surface area contributed by atoms with Crippen molar-refractivity contribution < 1.29 is 14.3 Å². The highest BCUT2D eigenvalue weighted by atomic mass is 32.2. The Morgan fingerprint density at radius 2 is 1.84 bits per heavy atom. The van der Waals surface area contributed by atoms with Crippen LogP contribution >= 0.6 is 11.8 Å². The van der Waals surface area contributed by atoms with Crippen LogP contribution in [0.25, 0.3) is 0 Å². The molecule has 0 unspecified atom stereocenters. The van der Waals surface area contributed by atoms with Gasteiger partial charge >= 0.3 is 5.97 Å². The molecule has 0 fully saturated rings. The number of hydrogen-bond acceptors (Lipinski definition) is 4. The van der Waals surface area contributed by atoms with Gasteiger partial charge in [-0.05, 0) is 19.4 Å². The molecule has 3 nitrogen and oxygen atoms in total. The summed E-state index contributed by atoms with van der Waals surface area (Å²) in [5.74, 6) is 0.978. The number of ether oxygens (including phenoxy) is 1. The number of thioether (sulfide) groups is 1. The average Bonchev–Trinajstić information content (AvgIpc) is 2.38. The minimum Gasteiger partial charge on any atom is -0.469 e. The highest BCUT2D eigenvalue weighted by Gasteiger charge is 2.31. The Morgan fingerprint density at radius 3 is 2.42 bits per heavy atom. The Labute approximate surface area is 118 Å². The van der Waals surface area contributed by atoms with Gasteiger partial charge in [0.15, 0.2) is 0 Å². The van der Waals surface area contributed by atoms with Gasteiger partial charge in [-0.1, -0.05) is 30.3 Å². The molecule has 0 saturated heterocycles. The molecule has 19 heavy (non-hydrogen) atoms. The number of rotatable bonds is 7. The summed E-state index contributed by atoms with van der Waals surface area (Å²) in [4.78, 5) is 23.3. The number of Topliss-reactive ketones (excluding diaryl/α,β-unsaturated/α-hetero) is 1. The van der Waals surface area contributed by atoms with Crippen LogP contribution in [0.4, 0.5) is 0 Å². The lowest BCUT2D eigenvalue weighted by atomic mass is 9.88. The number of methoxy groups -OCH3 is 1. The predicted molar refractivity (Wildman–Crippen MR) is 78.0 cm³/mol. The largest absolute Gasteiger partial charge is 0.469 e. The first-order valence-corrected chi connectivity index (χ1v) is 7.33. The zero-order valence-electron chi connectivity index (χ0n) is 11.6. The number of hydrogen-bond donors (Lipinski definition) is 0. The molecule has 0 aliphatic heterocycles. The summed E-state index contributed by atoms with van der Waals surface area (Å²) < 4.78 is 4.69. The first kappa shape index (κ1) is 15.8. The molecule has 0 atom stereocenters. The Bertz CT molecular complexity index is 426. The maximum Gasteiger partial charge on any atom is 0.311 e. The van der Waals surface area contributed by atoms with Gasteiger partial charge in [0.1, 0.15) is 5.78 Å². The molecule has 0 aliphatic carbocycles. The van der Waals surface area contributed by atoms with Crippen LogP contribution in [0.5, 0.6) is 0 Å². The van der Waals surface area contributed by atoms with E-state index in [4.69, 9.17) is 4.74 Å². The number of carbonyl (C=O) groups excluding carboxylic acids is 2. The number of carbonyl (C=O) groups is 2. The van der Waals surface area contributed by atoms with Crippen LogP contribution in [0.3, 0.4) is 0 Å². The number of ketones is 1. The van der Waals surface area contributed by atoms with Crippen LogP contribution in [-0.4, -0.2) is 24.6 Å². The quantitative estimate of drug-likeness (QED) is 0.720. The molecule has 104 valence electrons. The van der Waals surface area contributed by atoms with Crippen molar-refractivity contribution in [3.8, 4) is 0 Å². The molecule has 0 saturated carbocycles. The fourth-order valence-corrected chi connectivity index (χ4v) is 2.61. The number of esters is 1. The summed E-state index contributed by atoms with van der Waals surface area (Å²) in [6, 6.07) is 10.0. The van der Waals surface area contributed by atoms with Gasteiger partial charge in [-0.3, -0.25) is 9.59 Å². The molecule has 0 N–H and O–H groups in total. The molecule has 0 heterocycles. The summed E-state index contributed by atoms with van der Waals surface area (Å²) in [6.45, 7) is 3.47. The molecule has 0 amide bonds. The monoisotopic (exact) mass is 280 g/mol. The second-order valence-electron chi connectivity index (χ2n) is 5.07. The average molecular weight is 280 g/mol. The molecule has 4 heteroatoms. The molecule has 1 aromatic rings. The Hall–Kier alpha value is -1.29. The maximum atomic E-state index is 11.8. The normalized spacial score (nSPS) is 11.1. The Kier molecular flexibility index (Phi) is 6.09. The lowest BCUT2D eigenvalue weighted by Crippen LogP contribution is -2.29. The maximum absolute atomic E-state index is 11.8. The van der Waals surface area contributed by atoms with Crippen LogP contribution in [-0.2, 0) is 20.1 Å². The van der Waals surface area contributed by atoms with Gasteiger partial charge in [0.05, 0.1) is 18.3 Å². The molecular formula is C15H20O3S. The fourth-order valence-electron chi connectivity index (χ4n) is 1.75. The zero-order chi connectivity index (χ0) is 14.3. The van der Waals surface area contributed by atoms with Gasteiger partial charge in [0, 0.05) is 12.2 Å². The fraction of sp³-hybridized carbons (Fsp3) is 0.467. The van der Waals surface area contributed by atoms with Crippen molar-refractivity contribution in [3.05, 3.63) is 35.9 Å². The first-order chi connectivity index (χ1) is 8.95. The van der Waals surface area contributed by atoms with Crippen LogP contribution in [0.15, 0.2) is 30.3 Å². The lowest BCUT2D eigenvalue weighted by molar-refractivity contribution is -0.152. The highest BCUT2D eigenvalue weighted by molar-refractivity contribution is 7.99. The summed E-state index contributed by atoms with van der Waals surface area (Å²) >= 11 is 1.57. The molecule has 1 aromatic carbocycles. The van der Waals surface area contributed by atoms with Crippen molar-refractivity contribution in [2.45, 2.75) is 26.0 Å². The van der Waals surface area contributed by atoms with Crippen molar-refractivity contribution in [3.63, 3.8) is 0 Å². The van der Waals surface area contributed by atoms with E-state index in [1.807, 2.05) is 30.3 Å². The number of benzene rings is 1. The third kappa shape index (κ3) is 5.47. The second kappa shape index (κ2) is 7.34. The van der Waals surface area contributed by atoms with E-state index >= 15 is 0 Å². The molecule has 1 rings (SSSR count). The standard InChI is InChI=1S/C15H20O3S/c1-15(2,14(17)18-3)9-13(16)11-19-10-12-7-5-4-6-8-12/h4-8H,9-11H2,1-3H3. The van der Waals surface area contributed by atoms with Crippen molar-refractivity contribution in [2.75, 3.05) is 12.9 Å². The third-order valence-electron chi connectivity index (χ3n) is 2.75. The summed E-state index contributed by atoms with van der Waals surface area (Å²) in [6.07, 6.45) is 0.224. The van der Waals surface area contributed by atoms with Crippen LogP contribution in [0.1, 0.15) is 25.8 Å². The predicted octanol–water partition coefficient (Wildman–Crippen LogP) is 3.08. The van der Waals surface area contributed by atoms with Gasteiger partial charge in [-0.2, -0.15) is 0 Å². The van der Waals surface area contributed by atoms with Crippen molar-refractivity contribution in [1.29, 1.82) is 0 Å². The molecule has 0 bridgehead atoms. The molecule has 0 radical (unpaired) electrons. The van der Waals surface area contributed by atoms with E-state index in [9.17, 15) is 9.59 Å². The molecular weight excluding hydrogens is 260 g/mol.